The predicted octanol–water partition coefficient (Wildman–Crippen LogP) is 3.02. The normalized spacial score (nSPS) is 15.3. The van der Waals surface area contributed by atoms with E-state index in [2.05, 4.69) is 20.8 Å². The van der Waals surface area contributed by atoms with Gasteiger partial charge in [-0.3, -0.25) is 4.90 Å². The molecule has 0 spiro atoms. The number of anilines is 1. The molecule has 2 aromatic heterocycles. The molecule has 1 saturated heterocycles. The molecule has 1 fully saturated rings. The number of fused-ring (bicyclic) bond motifs is 1. The fourth-order valence-corrected chi connectivity index (χ4v) is 3.53. The molecule has 4 rings (SSSR count). The van der Waals surface area contributed by atoms with Crippen LogP contribution in [0, 0.1) is 12.3 Å². The molecule has 154 valence electrons. The van der Waals surface area contributed by atoms with E-state index in [0.717, 1.165) is 19.2 Å². The van der Waals surface area contributed by atoms with Gasteiger partial charge in [0, 0.05) is 32.4 Å². The zero-order valence-corrected chi connectivity index (χ0v) is 15.8. The van der Waals surface area contributed by atoms with Crippen molar-refractivity contribution in [2.75, 3.05) is 37.6 Å². The largest absolute Gasteiger partial charge is 0.417 e. The molecule has 0 radical (unpaired) electrons. The third-order valence-electron chi connectivity index (χ3n) is 4.97. The maximum atomic E-state index is 13.3. The summed E-state index contributed by atoms with van der Waals surface area (Å²) in [4.78, 5) is 25.2. The summed E-state index contributed by atoms with van der Waals surface area (Å²) in [6.45, 7) is 3.35. The molecule has 1 aliphatic rings. The summed E-state index contributed by atoms with van der Waals surface area (Å²) in [5.41, 5.74) is -1.79. The molecule has 1 aliphatic heterocycles. The summed E-state index contributed by atoms with van der Waals surface area (Å²) in [6, 6.07) is 6.76. The van der Waals surface area contributed by atoms with Crippen LogP contribution in [0.1, 0.15) is 5.56 Å². The van der Waals surface area contributed by atoms with Gasteiger partial charge in [-0.05, 0) is 24.3 Å². The Morgan fingerprint density at radius 3 is 2.60 bits per heavy atom. The van der Waals surface area contributed by atoms with Crippen LogP contribution in [-0.4, -0.2) is 47.6 Å². The van der Waals surface area contributed by atoms with Gasteiger partial charge in [0.1, 0.15) is 5.82 Å². The average Bonchev–Trinajstić information content (AvgIpc) is 2.73. The molecule has 1 aromatic carbocycles. The van der Waals surface area contributed by atoms with E-state index in [-0.39, 0.29) is 11.4 Å². The van der Waals surface area contributed by atoms with E-state index < -0.39 is 22.8 Å². The number of piperazine rings is 1. The Hall–Kier alpha value is -3.38. The van der Waals surface area contributed by atoms with Gasteiger partial charge in [0.2, 0.25) is 5.89 Å². The number of terminal acetylenes is 1. The highest BCUT2D eigenvalue weighted by atomic mass is 19.4. The third-order valence-corrected chi connectivity index (χ3v) is 4.97. The molecule has 9 heteroatoms. The van der Waals surface area contributed by atoms with Crippen LogP contribution in [0.15, 0.2) is 45.7 Å². The predicted molar refractivity (Wildman–Crippen MR) is 106 cm³/mol. The van der Waals surface area contributed by atoms with E-state index >= 15 is 0 Å². The molecule has 0 bridgehead atoms. The molecule has 0 atom stereocenters. The van der Waals surface area contributed by atoms with E-state index in [1.165, 1.54) is 12.1 Å². The molecule has 3 aromatic rings. The van der Waals surface area contributed by atoms with Crippen LogP contribution in [0.2, 0.25) is 0 Å². The second-order valence-corrected chi connectivity index (χ2v) is 6.85. The summed E-state index contributed by atoms with van der Waals surface area (Å²) in [7, 11) is 0. The lowest BCUT2D eigenvalue weighted by Gasteiger charge is -2.35. The van der Waals surface area contributed by atoms with Crippen molar-refractivity contribution in [1.29, 1.82) is 0 Å². The van der Waals surface area contributed by atoms with Gasteiger partial charge in [-0.25, -0.2) is 14.8 Å². The van der Waals surface area contributed by atoms with E-state index in [4.69, 9.17) is 10.8 Å². The lowest BCUT2D eigenvalue weighted by atomic mass is 10.1. The number of nitrogens with zero attached hydrogens (tertiary/aromatic N) is 4. The summed E-state index contributed by atoms with van der Waals surface area (Å²) in [5.74, 6) is 3.11. The van der Waals surface area contributed by atoms with Crippen LogP contribution in [-0.2, 0) is 6.18 Å². The van der Waals surface area contributed by atoms with Crippen molar-refractivity contribution in [3.63, 3.8) is 0 Å². The Kier molecular flexibility index (Phi) is 5.18. The molecule has 0 aliphatic carbocycles. The number of hydrogen-bond acceptors (Lipinski definition) is 6. The standard InChI is InChI=1S/C21H17F3N4O2/c1-2-9-27-10-12-28(13-11-27)18-14(5-4-8-25-18)19-26-16-7-3-6-15(21(22,23)24)17(16)20(29)30-19/h1,3-8H,9-13H2. The van der Waals surface area contributed by atoms with Gasteiger partial charge in [-0.1, -0.05) is 12.0 Å². The fourth-order valence-electron chi connectivity index (χ4n) is 3.53. The molecule has 6 nitrogen and oxygen atoms in total. The van der Waals surface area contributed by atoms with Crippen LogP contribution in [0.25, 0.3) is 22.4 Å². The molecule has 0 N–H and O–H groups in total. The Balaban J connectivity index is 1.76. The second kappa shape index (κ2) is 7.80. The van der Waals surface area contributed by atoms with Crippen molar-refractivity contribution in [2.45, 2.75) is 6.18 Å². The van der Waals surface area contributed by atoms with E-state index in [1.54, 1.807) is 18.3 Å². The number of aromatic nitrogens is 2. The van der Waals surface area contributed by atoms with Crippen molar-refractivity contribution >= 4 is 16.7 Å². The minimum Gasteiger partial charge on any atom is -0.403 e. The molecular formula is C21H17F3N4O2. The first-order chi connectivity index (χ1) is 14.4. The van der Waals surface area contributed by atoms with Crippen molar-refractivity contribution in [1.82, 2.24) is 14.9 Å². The van der Waals surface area contributed by atoms with Crippen LogP contribution in [0.3, 0.4) is 0 Å². The van der Waals surface area contributed by atoms with Crippen LogP contribution in [0.4, 0.5) is 19.0 Å². The summed E-state index contributed by atoms with van der Waals surface area (Å²) >= 11 is 0. The highest BCUT2D eigenvalue weighted by Gasteiger charge is 2.34. The summed E-state index contributed by atoms with van der Waals surface area (Å²) in [5, 5.41) is -0.581. The highest BCUT2D eigenvalue weighted by molar-refractivity contribution is 5.83. The first kappa shape index (κ1) is 19.9. The Morgan fingerprint density at radius 2 is 1.90 bits per heavy atom. The van der Waals surface area contributed by atoms with Crippen LogP contribution in [0.5, 0.6) is 0 Å². The number of benzene rings is 1. The topological polar surface area (TPSA) is 62.5 Å². The zero-order chi connectivity index (χ0) is 21.3. The smallest absolute Gasteiger partial charge is 0.403 e. The van der Waals surface area contributed by atoms with Crippen molar-refractivity contribution in [3.05, 3.63) is 52.5 Å². The van der Waals surface area contributed by atoms with Crippen molar-refractivity contribution in [2.24, 2.45) is 0 Å². The van der Waals surface area contributed by atoms with Gasteiger partial charge in [-0.2, -0.15) is 13.2 Å². The second-order valence-electron chi connectivity index (χ2n) is 6.85. The Morgan fingerprint density at radius 1 is 1.13 bits per heavy atom. The van der Waals surface area contributed by atoms with Crippen LogP contribution < -0.4 is 10.5 Å². The van der Waals surface area contributed by atoms with E-state index in [1.807, 2.05) is 4.90 Å². The third kappa shape index (κ3) is 3.74. The van der Waals surface area contributed by atoms with E-state index in [0.29, 0.717) is 31.0 Å². The Bertz CT molecular complexity index is 1180. The monoisotopic (exact) mass is 414 g/mol. The minimum atomic E-state index is -4.69. The van der Waals surface area contributed by atoms with Crippen LogP contribution >= 0.6 is 0 Å². The molecule has 0 unspecified atom stereocenters. The number of pyridine rings is 1. The van der Waals surface area contributed by atoms with Gasteiger partial charge in [0.15, 0.2) is 0 Å². The van der Waals surface area contributed by atoms with Gasteiger partial charge in [-0.15, -0.1) is 6.42 Å². The molecule has 0 amide bonds. The molecule has 0 saturated carbocycles. The van der Waals surface area contributed by atoms with Crippen molar-refractivity contribution in [3.8, 4) is 23.8 Å². The minimum absolute atomic E-state index is 0.0685. The van der Waals surface area contributed by atoms with Gasteiger partial charge < -0.3 is 9.32 Å². The lowest BCUT2D eigenvalue weighted by Crippen LogP contribution is -2.46. The Labute approximate surface area is 170 Å². The fraction of sp³-hybridized carbons (Fsp3) is 0.286. The maximum Gasteiger partial charge on any atom is 0.417 e. The number of hydrogen-bond donors (Lipinski definition) is 0. The summed E-state index contributed by atoms with van der Waals surface area (Å²) < 4.78 is 45.1. The first-order valence-corrected chi connectivity index (χ1v) is 9.25. The maximum absolute atomic E-state index is 13.3. The number of alkyl halides is 3. The molecule has 30 heavy (non-hydrogen) atoms. The average molecular weight is 414 g/mol. The van der Waals surface area contributed by atoms with Crippen molar-refractivity contribution < 1.29 is 17.6 Å². The number of halogens is 3. The van der Waals surface area contributed by atoms with Gasteiger partial charge in [0.05, 0.1) is 28.6 Å². The van der Waals surface area contributed by atoms with Gasteiger partial charge >= 0.3 is 11.8 Å². The zero-order valence-electron chi connectivity index (χ0n) is 15.8. The summed E-state index contributed by atoms with van der Waals surface area (Å²) in [6.07, 6.45) is 2.28. The molecule has 3 heterocycles. The molecular weight excluding hydrogens is 397 g/mol. The lowest BCUT2D eigenvalue weighted by molar-refractivity contribution is -0.136. The number of rotatable bonds is 3. The SMILES string of the molecule is C#CCN1CCN(c2ncccc2-c2nc3cccc(C(F)(F)F)c3c(=O)o2)CC1. The van der Waals surface area contributed by atoms with Gasteiger partial charge in [0.25, 0.3) is 0 Å². The highest BCUT2D eigenvalue weighted by Crippen LogP contribution is 2.34. The van der Waals surface area contributed by atoms with E-state index in [9.17, 15) is 18.0 Å². The quantitative estimate of drug-likeness (QED) is 0.614. The first-order valence-electron chi connectivity index (χ1n) is 9.25.